The molecule has 1 rings (SSSR count). The van der Waals surface area contributed by atoms with Gasteiger partial charge in [0.25, 0.3) is 0 Å². The maximum atomic E-state index is 11.6. The van der Waals surface area contributed by atoms with Crippen molar-refractivity contribution in [1.82, 2.24) is 5.32 Å². The van der Waals surface area contributed by atoms with Crippen LogP contribution in [0.2, 0.25) is 0 Å². The maximum absolute atomic E-state index is 11.6. The number of ether oxygens (including phenoxy) is 1. The lowest BCUT2D eigenvalue weighted by Gasteiger charge is -2.19. The molecule has 0 saturated heterocycles. The van der Waals surface area contributed by atoms with Crippen LogP contribution in [-0.2, 0) is 20.9 Å². The third-order valence-electron chi connectivity index (χ3n) is 2.66. The van der Waals surface area contributed by atoms with E-state index in [1.807, 2.05) is 25.3 Å². The maximum Gasteiger partial charge on any atom is 0.323 e. The largest absolute Gasteiger partial charge is 0.468 e. The highest BCUT2D eigenvalue weighted by Gasteiger charge is 2.22. The number of hydrogen-bond acceptors (Lipinski definition) is 5. The summed E-state index contributed by atoms with van der Waals surface area (Å²) < 4.78 is 4.77. The van der Waals surface area contributed by atoms with E-state index in [1.165, 1.54) is 25.4 Å². The second-order valence-electron chi connectivity index (χ2n) is 4.56. The summed E-state index contributed by atoms with van der Waals surface area (Å²) >= 11 is 1.54. The van der Waals surface area contributed by atoms with Gasteiger partial charge in [0.15, 0.2) is 0 Å². The molecule has 1 aromatic heterocycles. The second-order valence-corrected chi connectivity index (χ2v) is 5.57. The second kappa shape index (κ2) is 7.25. The lowest BCUT2D eigenvalue weighted by Crippen LogP contribution is -2.41. The van der Waals surface area contributed by atoms with Crippen LogP contribution in [0.1, 0.15) is 25.6 Å². The van der Waals surface area contributed by atoms with Crippen LogP contribution in [0, 0.1) is 5.92 Å². The summed E-state index contributed by atoms with van der Waals surface area (Å²) in [6, 6.07) is 1.50. The zero-order chi connectivity index (χ0) is 14.4. The summed E-state index contributed by atoms with van der Waals surface area (Å²) in [4.78, 5) is 23.7. The summed E-state index contributed by atoms with van der Waals surface area (Å²) in [5.74, 6) is -0.239. The van der Waals surface area contributed by atoms with Gasteiger partial charge in [0.05, 0.1) is 12.8 Å². The summed E-state index contributed by atoms with van der Waals surface area (Å²) in [5, 5.41) is 7.84. The van der Waals surface area contributed by atoms with E-state index in [0.29, 0.717) is 6.54 Å². The highest BCUT2D eigenvalue weighted by Crippen LogP contribution is 2.22. The molecule has 5 nitrogen and oxygen atoms in total. The third kappa shape index (κ3) is 4.65. The number of methoxy groups -OCH3 is 1. The van der Waals surface area contributed by atoms with Crippen LogP contribution in [-0.4, -0.2) is 25.0 Å². The van der Waals surface area contributed by atoms with Gasteiger partial charge in [-0.15, -0.1) is 11.3 Å². The fourth-order valence-electron chi connectivity index (χ4n) is 1.70. The molecule has 2 N–H and O–H groups in total. The summed E-state index contributed by atoms with van der Waals surface area (Å²) in [5.41, 5.74) is 0.789. The Morgan fingerprint density at radius 1 is 1.42 bits per heavy atom. The van der Waals surface area contributed by atoms with Gasteiger partial charge in [-0.1, -0.05) is 13.8 Å². The molecule has 106 valence electrons. The number of hydrogen-bond donors (Lipinski definition) is 2. The molecule has 1 aromatic rings. The molecule has 6 heteroatoms. The zero-order valence-electron chi connectivity index (χ0n) is 11.6. The monoisotopic (exact) mass is 284 g/mol. The normalized spacial score (nSPS) is 12.3. The van der Waals surface area contributed by atoms with Gasteiger partial charge < -0.3 is 10.1 Å². The van der Waals surface area contributed by atoms with Gasteiger partial charge >= 0.3 is 5.97 Å². The molecule has 1 amide bonds. The van der Waals surface area contributed by atoms with Gasteiger partial charge in [-0.05, 0) is 17.4 Å². The lowest BCUT2D eigenvalue weighted by molar-refractivity contribution is -0.144. The van der Waals surface area contributed by atoms with Crippen molar-refractivity contribution in [2.45, 2.75) is 33.4 Å². The molecule has 0 radical (unpaired) electrons. The fourth-order valence-corrected chi connectivity index (χ4v) is 2.48. The van der Waals surface area contributed by atoms with Gasteiger partial charge in [-0.3, -0.25) is 14.9 Å². The van der Waals surface area contributed by atoms with E-state index >= 15 is 0 Å². The van der Waals surface area contributed by atoms with Gasteiger partial charge in [-0.25, -0.2) is 0 Å². The molecule has 0 spiro atoms. The third-order valence-corrected chi connectivity index (χ3v) is 3.58. The minimum absolute atomic E-state index is 0.104. The number of carbonyl (C=O) groups is 2. The predicted octanol–water partition coefficient (Wildman–Crippen LogP) is 1.99. The van der Waals surface area contributed by atoms with Crippen molar-refractivity contribution in [3.63, 3.8) is 0 Å². The minimum Gasteiger partial charge on any atom is -0.468 e. The van der Waals surface area contributed by atoms with Crippen LogP contribution < -0.4 is 10.6 Å². The smallest absolute Gasteiger partial charge is 0.323 e. The molecule has 0 aromatic carbocycles. The summed E-state index contributed by atoms with van der Waals surface area (Å²) in [7, 11) is 1.38. The number of esters is 1. The van der Waals surface area contributed by atoms with Crippen molar-refractivity contribution in [2.75, 3.05) is 12.4 Å². The molecule has 0 aliphatic rings. The molecule has 1 atom stereocenters. The number of carbonyl (C=O) groups excluding carboxylic acids is 2. The van der Waals surface area contributed by atoms with Crippen LogP contribution in [0.3, 0.4) is 0 Å². The first kappa shape index (κ1) is 15.7. The van der Waals surface area contributed by atoms with Crippen LogP contribution in [0.15, 0.2) is 11.4 Å². The van der Waals surface area contributed by atoms with Crippen LogP contribution in [0.4, 0.5) is 5.69 Å². The summed E-state index contributed by atoms with van der Waals surface area (Å²) in [6.07, 6.45) is 0. The van der Waals surface area contributed by atoms with E-state index in [1.54, 1.807) is 0 Å². The quantitative estimate of drug-likeness (QED) is 0.784. The Hall–Kier alpha value is -1.40. The lowest BCUT2D eigenvalue weighted by atomic mass is 10.0. The molecule has 0 fully saturated rings. The Bertz CT molecular complexity index is 443. The highest BCUT2D eigenvalue weighted by atomic mass is 32.1. The zero-order valence-corrected chi connectivity index (χ0v) is 12.5. The topological polar surface area (TPSA) is 67.4 Å². The van der Waals surface area contributed by atoms with E-state index in [0.717, 1.165) is 10.6 Å². The average molecular weight is 284 g/mol. The SMILES string of the molecule is COC(=O)C(NCc1sccc1NC(C)=O)C(C)C. The first-order valence-electron chi connectivity index (χ1n) is 6.10. The van der Waals surface area contributed by atoms with Crippen molar-refractivity contribution >= 4 is 28.9 Å². The molecule has 0 aliphatic carbocycles. The highest BCUT2D eigenvalue weighted by molar-refractivity contribution is 7.10. The molecule has 0 saturated carbocycles. The molecule has 0 aliphatic heterocycles. The Morgan fingerprint density at radius 3 is 2.63 bits per heavy atom. The molecule has 19 heavy (non-hydrogen) atoms. The molecule has 0 bridgehead atoms. The van der Waals surface area contributed by atoms with E-state index in [2.05, 4.69) is 10.6 Å². The fraction of sp³-hybridized carbons (Fsp3) is 0.538. The van der Waals surface area contributed by atoms with Crippen molar-refractivity contribution in [3.05, 3.63) is 16.3 Å². The Balaban J connectivity index is 2.67. The van der Waals surface area contributed by atoms with Gasteiger partial charge in [-0.2, -0.15) is 0 Å². The Morgan fingerprint density at radius 2 is 2.11 bits per heavy atom. The average Bonchev–Trinajstić information content (AvgIpc) is 2.75. The van der Waals surface area contributed by atoms with Crippen LogP contribution in [0.5, 0.6) is 0 Å². The van der Waals surface area contributed by atoms with Crippen molar-refractivity contribution in [2.24, 2.45) is 5.92 Å². The Labute approximate surface area is 117 Å². The number of thiophene rings is 1. The van der Waals surface area contributed by atoms with Crippen molar-refractivity contribution < 1.29 is 14.3 Å². The molecular formula is C13H20N2O3S. The Kier molecular flexibility index (Phi) is 5.98. The van der Waals surface area contributed by atoms with E-state index < -0.39 is 0 Å². The first-order chi connectivity index (χ1) is 8.95. The van der Waals surface area contributed by atoms with E-state index in [-0.39, 0.29) is 23.8 Å². The molecule has 1 unspecified atom stereocenters. The number of amides is 1. The van der Waals surface area contributed by atoms with Crippen LogP contribution in [0.25, 0.3) is 0 Å². The number of anilines is 1. The predicted molar refractivity (Wildman–Crippen MR) is 76.1 cm³/mol. The van der Waals surface area contributed by atoms with Gasteiger partial charge in [0.1, 0.15) is 6.04 Å². The number of rotatable bonds is 6. The summed E-state index contributed by atoms with van der Waals surface area (Å²) in [6.45, 7) is 5.90. The molecular weight excluding hydrogens is 264 g/mol. The number of nitrogens with one attached hydrogen (secondary N) is 2. The standard InChI is InChI=1S/C13H20N2O3S/c1-8(2)12(13(17)18-4)14-7-11-10(5-6-19-11)15-9(3)16/h5-6,8,12,14H,7H2,1-4H3,(H,15,16). The van der Waals surface area contributed by atoms with Crippen LogP contribution >= 0.6 is 11.3 Å². The first-order valence-corrected chi connectivity index (χ1v) is 6.98. The minimum atomic E-state index is -0.350. The van der Waals surface area contributed by atoms with E-state index in [9.17, 15) is 9.59 Å². The van der Waals surface area contributed by atoms with E-state index in [4.69, 9.17) is 4.74 Å². The van der Waals surface area contributed by atoms with Gasteiger partial charge in [0.2, 0.25) is 5.91 Å². The van der Waals surface area contributed by atoms with Crippen molar-refractivity contribution in [3.8, 4) is 0 Å². The van der Waals surface area contributed by atoms with Crippen molar-refractivity contribution in [1.29, 1.82) is 0 Å². The van der Waals surface area contributed by atoms with Gasteiger partial charge in [0, 0.05) is 18.3 Å². The molecule has 1 heterocycles.